The van der Waals surface area contributed by atoms with Crippen molar-refractivity contribution in [3.63, 3.8) is 0 Å². The van der Waals surface area contributed by atoms with Crippen LogP contribution in [0.1, 0.15) is 44.9 Å². The molecule has 0 saturated heterocycles. The van der Waals surface area contributed by atoms with Gasteiger partial charge in [0.15, 0.2) is 5.82 Å². The van der Waals surface area contributed by atoms with E-state index in [2.05, 4.69) is 10.4 Å². The Kier molecular flexibility index (Phi) is 5.70. The topological polar surface area (TPSA) is 55.3 Å². The molecule has 0 aliphatic carbocycles. The molecule has 4 nitrogen and oxygen atoms in total. The number of nitrogens with two attached hydrogens (primary N) is 1. The number of hydrogen-bond donors (Lipinski definition) is 2. The average molecular weight is 412 g/mol. The first-order valence-electron chi connectivity index (χ1n) is 8.25. The van der Waals surface area contributed by atoms with Crippen molar-refractivity contribution >= 4 is 41.3 Å². The molecule has 0 radical (unpaired) electrons. The number of alkyl halides is 1. The van der Waals surface area contributed by atoms with Crippen LogP contribution in [-0.4, -0.2) is 24.1 Å². The van der Waals surface area contributed by atoms with Crippen LogP contribution < -0.4 is 11.1 Å². The predicted molar refractivity (Wildman–Crippen MR) is 104 cm³/mol. The Morgan fingerprint density at radius 1 is 1.23 bits per heavy atom. The molecular formula is C17H25IN4. The van der Waals surface area contributed by atoms with Gasteiger partial charge in [0.05, 0.1) is 5.52 Å². The van der Waals surface area contributed by atoms with Crippen molar-refractivity contribution in [1.82, 2.24) is 9.61 Å². The molecule has 1 aliphatic heterocycles. The van der Waals surface area contributed by atoms with Crippen LogP contribution in [0.15, 0.2) is 24.4 Å². The van der Waals surface area contributed by atoms with Crippen molar-refractivity contribution in [2.45, 2.75) is 44.9 Å². The van der Waals surface area contributed by atoms with Crippen molar-refractivity contribution in [2.24, 2.45) is 0 Å². The van der Waals surface area contributed by atoms with E-state index < -0.39 is 0 Å². The number of fused-ring (bicyclic) bond motifs is 1. The lowest BCUT2D eigenvalue weighted by atomic mass is 10.1. The molecular weight excluding hydrogens is 387 g/mol. The molecule has 0 unspecified atom stereocenters. The summed E-state index contributed by atoms with van der Waals surface area (Å²) < 4.78 is 5.26. The van der Waals surface area contributed by atoms with Gasteiger partial charge in [0.25, 0.3) is 0 Å². The van der Waals surface area contributed by atoms with Crippen molar-refractivity contribution in [2.75, 3.05) is 22.0 Å². The zero-order valence-corrected chi connectivity index (χ0v) is 15.2. The Hall–Kier alpha value is -1.11. The number of aromatic nitrogens is 2. The second-order valence-corrected chi connectivity index (χ2v) is 9.19. The van der Waals surface area contributed by atoms with Crippen molar-refractivity contribution in [3.05, 3.63) is 24.4 Å². The summed E-state index contributed by atoms with van der Waals surface area (Å²) in [6.45, 7) is 0.958. The van der Waals surface area contributed by atoms with Crippen molar-refractivity contribution in [1.29, 1.82) is 0 Å². The van der Waals surface area contributed by atoms with E-state index in [1.54, 1.807) is 0 Å². The fourth-order valence-corrected chi connectivity index (χ4v) is 6.05. The maximum Gasteiger partial charge on any atom is 0.172 e. The first-order chi connectivity index (χ1) is 10.8. The number of anilines is 2. The highest BCUT2D eigenvalue weighted by atomic mass is 127. The summed E-state index contributed by atoms with van der Waals surface area (Å²) in [5.41, 5.74) is 7.87. The SMILES string of the molecule is Nc1c(NCCCCC2=ICCCCC2)nn2ccccc12. The fourth-order valence-electron chi connectivity index (χ4n) is 2.84. The van der Waals surface area contributed by atoms with E-state index in [1.165, 1.54) is 49.4 Å². The molecule has 5 heteroatoms. The number of hydrogen-bond acceptors (Lipinski definition) is 3. The molecule has 0 fully saturated rings. The summed E-state index contributed by atoms with van der Waals surface area (Å²) in [4.78, 5) is 0. The number of nitrogens with zero attached hydrogens (tertiary/aromatic N) is 2. The second-order valence-electron chi connectivity index (χ2n) is 5.83. The van der Waals surface area contributed by atoms with Gasteiger partial charge in [-0.15, -0.1) is 25.8 Å². The quantitative estimate of drug-likeness (QED) is 0.425. The molecule has 3 heterocycles. The first-order valence-corrected chi connectivity index (χ1v) is 10.9. The average Bonchev–Trinajstić information content (AvgIpc) is 2.72. The normalized spacial score (nSPS) is 15.9. The lowest BCUT2D eigenvalue weighted by molar-refractivity contribution is 0.741. The fraction of sp³-hybridized carbons (Fsp3) is 0.529. The Morgan fingerprint density at radius 2 is 2.18 bits per heavy atom. The van der Waals surface area contributed by atoms with E-state index in [4.69, 9.17) is 5.73 Å². The summed E-state index contributed by atoms with van der Waals surface area (Å²) in [6.07, 6.45) is 11.6. The minimum atomic E-state index is 0.396. The number of halogens is 1. The molecule has 3 rings (SSSR count). The van der Waals surface area contributed by atoms with E-state index >= 15 is 0 Å². The van der Waals surface area contributed by atoms with E-state index in [1.807, 2.05) is 32.4 Å². The lowest BCUT2D eigenvalue weighted by Crippen LogP contribution is -2.05. The van der Waals surface area contributed by atoms with Gasteiger partial charge in [0, 0.05) is 12.7 Å². The van der Waals surface area contributed by atoms with Crippen LogP contribution in [-0.2, 0) is 0 Å². The van der Waals surface area contributed by atoms with Crippen molar-refractivity contribution in [3.8, 4) is 0 Å². The van der Waals surface area contributed by atoms with Crippen LogP contribution in [0.5, 0.6) is 0 Å². The number of nitrogen functional groups attached to an aromatic ring is 1. The highest BCUT2D eigenvalue weighted by Crippen LogP contribution is 2.23. The van der Waals surface area contributed by atoms with Gasteiger partial charge < -0.3 is 11.1 Å². The van der Waals surface area contributed by atoms with Gasteiger partial charge in [-0.1, -0.05) is 12.5 Å². The molecule has 22 heavy (non-hydrogen) atoms. The summed E-state index contributed by atoms with van der Waals surface area (Å²) >= 11 is 0.396. The van der Waals surface area contributed by atoms with Crippen LogP contribution in [0.4, 0.5) is 11.5 Å². The predicted octanol–water partition coefficient (Wildman–Crippen LogP) is 4.22. The van der Waals surface area contributed by atoms with Gasteiger partial charge in [-0.3, -0.25) is 0 Å². The number of rotatable bonds is 6. The van der Waals surface area contributed by atoms with Crippen LogP contribution in [0.2, 0.25) is 0 Å². The van der Waals surface area contributed by atoms with Gasteiger partial charge in [-0.05, 0) is 58.6 Å². The molecule has 2 aromatic heterocycles. The Morgan fingerprint density at radius 3 is 3.09 bits per heavy atom. The highest BCUT2D eigenvalue weighted by Gasteiger charge is 2.08. The molecule has 0 aromatic carbocycles. The molecule has 1 aliphatic rings. The lowest BCUT2D eigenvalue weighted by Gasteiger charge is -2.06. The number of unbranched alkanes of at least 4 members (excludes halogenated alkanes) is 1. The first kappa shape index (κ1) is 15.8. The second kappa shape index (κ2) is 7.94. The molecule has 0 saturated carbocycles. The smallest absolute Gasteiger partial charge is 0.172 e. The minimum absolute atomic E-state index is 0.396. The number of nitrogens with one attached hydrogen (secondary N) is 1. The zero-order valence-electron chi connectivity index (χ0n) is 13.0. The Labute approximate surface area is 142 Å². The molecule has 2 aromatic rings. The summed E-state index contributed by atoms with van der Waals surface area (Å²) in [5.74, 6) is 0.820. The third kappa shape index (κ3) is 4.00. The van der Waals surface area contributed by atoms with Gasteiger partial charge in [-0.25, -0.2) is 4.52 Å². The largest absolute Gasteiger partial charge is 0.394 e. The minimum Gasteiger partial charge on any atom is -0.394 e. The van der Waals surface area contributed by atoms with Crippen LogP contribution in [0.3, 0.4) is 0 Å². The molecule has 0 atom stereocenters. The molecule has 0 spiro atoms. The molecule has 0 amide bonds. The molecule has 3 N–H and O–H groups in total. The maximum absolute atomic E-state index is 6.14. The third-order valence-corrected chi connectivity index (χ3v) is 7.57. The van der Waals surface area contributed by atoms with Crippen LogP contribution in [0, 0.1) is 0 Å². The molecule has 0 bridgehead atoms. The Balaban J connectivity index is 1.44. The maximum atomic E-state index is 6.14. The van der Waals surface area contributed by atoms with E-state index in [0.717, 1.165) is 23.6 Å². The van der Waals surface area contributed by atoms with Gasteiger partial charge in [-0.2, -0.15) is 0 Å². The Bertz CT molecular complexity index is 647. The number of pyridine rings is 1. The van der Waals surface area contributed by atoms with Gasteiger partial charge in [0.1, 0.15) is 5.69 Å². The van der Waals surface area contributed by atoms with Crippen LogP contribution in [0.25, 0.3) is 5.52 Å². The third-order valence-electron chi connectivity index (χ3n) is 4.11. The highest BCUT2D eigenvalue weighted by molar-refractivity contribution is 14.2. The van der Waals surface area contributed by atoms with E-state index in [0.29, 0.717) is 20.7 Å². The molecule has 120 valence electrons. The monoisotopic (exact) mass is 412 g/mol. The van der Waals surface area contributed by atoms with E-state index in [9.17, 15) is 0 Å². The van der Waals surface area contributed by atoms with E-state index in [-0.39, 0.29) is 0 Å². The van der Waals surface area contributed by atoms with Gasteiger partial charge >= 0.3 is 0 Å². The zero-order chi connectivity index (χ0) is 15.2. The summed E-state index contributed by atoms with van der Waals surface area (Å²) in [6, 6.07) is 5.96. The van der Waals surface area contributed by atoms with Crippen LogP contribution >= 0.6 is 20.7 Å². The summed E-state index contributed by atoms with van der Waals surface area (Å²) in [7, 11) is 0. The summed E-state index contributed by atoms with van der Waals surface area (Å²) in [5, 5.41) is 7.89. The van der Waals surface area contributed by atoms with Crippen molar-refractivity contribution < 1.29 is 0 Å². The van der Waals surface area contributed by atoms with Gasteiger partial charge in [0.2, 0.25) is 0 Å². The standard InChI is InChI=1S/C17H25IN4/c19-16-15-10-4-7-13-22(15)21-17(16)20-12-6-3-9-14-8-2-1-5-11-18-14/h4,7,10,13H,1-3,5-6,8-9,11-12,19H2,(H,20,21).